The Morgan fingerprint density at radius 1 is 0.935 bits per heavy atom. The van der Waals surface area contributed by atoms with E-state index in [0.717, 1.165) is 28.6 Å². The van der Waals surface area contributed by atoms with E-state index < -0.39 is 5.97 Å². The molecule has 1 heterocycles. The minimum atomic E-state index is -0.921. The summed E-state index contributed by atoms with van der Waals surface area (Å²) in [6, 6.07) is 25.7. The number of carbonyl (C=O) groups is 1. The van der Waals surface area contributed by atoms with Crippen molar-refractivity contribution in [2.75, 3.05) is 6.61 Å². The van der Waals surface area contributed by atoms with Gasteiger partial charge < -0.3 is 14.5 Å². The maximum absolute atomic E-state index is 11.4. The van der Waals surface area contributed by atoms with Crippen LogP contribution in [0.2, 0.25) is 0 Å². The van der Waals surface area contributed by atoms with Crippen molar-refractivity contribution in [3.05, 3.63) is 96.2 Å². The van der Waals surface area contributed by atoms with Gasteiger partial charge in [-0.15, -0.1) is 0 Å². The van der Waals surface area contributed by atoms with Crippen molar-refractivity contribution in [2.45, 2.75) is 19.9 Å². The number of rotatable bonds is 8. The SMILES string of the molecule is CCC(=NOCCn1ccc2c(C(=O)O)cccc21)c1ccc(-c2ccccc2)cc1. The number of fused-ring (bicyclic) bond motifs is 1. The molecule has 4 rings (SSSR count). The molecular weight excluding hydrogens is 388 g/mol. The molecule has 0 aliphatic rings. The summed E-state index contributed by atoms with van der Waals surface area (Å²) in [7, 11) is 0. The van der Waals surface area contributed by atoms with E-state index in [2.05, 4.69) is 48.5 Å². The second kappa shape index (κ2) is 9.30. The van der Waals surface area contributed by atoms with Gasteiger partial charge in [0, 0.05) is 17.1 Å². The molecule has 3 aromatic carbocycles. The quantitative estimate of drug-likeness (QED) is 0.225. The van der Waals surface area contributed by atoms with Crippen LogP contribution in [-0.4, -0.2) is 28.0 Å². The van der Waals surface area contributed by atoms with Crippen LogP contribution in [-0.2, 0) is 11.4 Å². The minimum absolute atomic E-state index is 0.308. The molecule has 4 aromatic rings. The van der Waals surface area contributed by atoms with Crippen LogP contribution in [0.4, 0.5) is 0 Å². The zero-order chi connectivity index (χ0) is 21.6. The molecule has 0 spiro atoms. The third-order valence-electron chi connectivity index (χ3n) is 5.30. The van der Waals surface area contributed by atoms with Crippen LogP contribution >= 0.6 is 0 Å². The summed E-state index contributed by atoms with van der Waals surface area (Å²) in [5.74, 6) is -0.921. The zero-order valence-electron chi connectivity index (χ0n) is 17.4. The molecule has 0 aliphatic carbocycles. The summed E-state index contributed by atoms with van der Waals surface area (Å²) in [5.41, 5.74) is 5.47. The van der Waals surface area contributed by atoms with Crippen LogP contribution in [0, 0.1) is 0 Å². The first-order valence-electron chi connectivity index (χ1n) is 10.3. The smallest absolute Gasteiger partial charge is 0.336 e. The lowest BCUT2D eigenvalue weighted by Crippen LogP contribution is -2.06. The van der Waals surface area contributed by atoms with Gasteiger partial charge in [-0.25, -0.2) is 4.79 Å². The maximum atomic E-state index is 11.4. The first-order valence-corrected chi connectivity index (χ1v) is 10.3. The van der Waals surface area contributed by atoms with Crippen LogP contribution < -0.4 is 0 Å². The number of carboxylic acids is 1. The second-order valence-electron chi connectivity index (χ2n) is 7.22. The third-order valence-corrected chi connectivity index (χ3v) is 5.30. The van der Waals surface area contributed by atoms with E-state index in [0.29, 0.717) is 18.7 Å². The topological polar surface area (TPSA) is 63.8 Å². The average Bonchev–Trinajstić information content (AvgIpc) is 3.23. The molecule has 0 amide bonds. The highest BCUT2D eigenvalue weighted by Crippen LogP contribution is 2.21. The summed E-state index contributed by atoms with van der Waals surface area (Å²) in [4.78, 5) is 17.0. The van der Waals surface area contributed by atoms with Gasteiger partial charge in [-0.3, -0.25) is 0 Å². The molecule has 0 unspecified atom stereocenters. The monoisotopic (exact) mass is 412 g/mol. The van der Waals surface area contributed by atoms with Gasteiger partial charge in [0.1, 0.15) is 6.61 Å². The van der Waals surface area contributed by atoms with E-state index in [9.17, 15) is 9.90 Å². The Kier molecular flexibility index (Phi) is 6.13. The van der Waals surface area contributed by atoms with Crippen molar-refractivity contribution >= 4 is 22.6 Å². The molecule has 5 heteroatoms. The van der Waals surface area contributed by atoms with Crippen LogP contribution in [0.25, 0.3) is 22.0 Å². The zero-order valence-corrected chi connectivity index (χ0v) is 17.4. The van der Waals surface area contributed by atoms with Crippen LogP contribution in [0.5, 0.6) is 0 Å². The Labute approximate surface area is 181 Å². The van der Waals surface area contributed by atoms with E-state index in [-0.39, 0.29) is 0 Å². The number of oxime groups is 1. The molecule has 0 aliphatic heterocycles. The van der Waals surface area contributed by atoms with Crippen LogP contribution in [0.15, 0.2) is 90.2 Å². The number of benzene rings is 3. The fourth-order valence-electron chi connectivity index (χ4n) is 3.67. The van der Waals surface area contributed by atoms with E-state index in [4.69, 9.17) is 4.84 Å². The van der Waals surface area contributed by atoms with Gasteiger partial charge in [-0.2, -0.15) is 0 Å². The van der Waals surface area contributed by atoms with Gasteiger partial charge >= 0.3 is 5.97 Å². The average molecular weight is 412 g/mol. The van der Waals surface area contributed by atoms with Crippen LogP contribution in [0.3, 0.4) is 0 Å². The lowest BCUT2D eigenvalue weighted by atomic mass is 10.0. The molecular formula is C26H24N2O3. The van der Waals surface area contributed by atoms with Crippen molar-refractivity contribution in [3.63, 3.8) is 0 Å². The van der Waals surface area contributed by atoms with Gasteiger partial charge in [-0.05, 0) is 41.3 Å². The number of hydrogen-bond acceptors (Lipinski definition) is 3. The van der Waals surface area contributed by atoms with Crippen molar-refractivity contribution in [1.29, 1.82) is 0 Å². The van der Waals surface area contributed by atoms with Gasteiger partial charge in [0.05, 0.1) is 17.8 Å². The third kappa shape index (κ3) is 4.51. The van der Waals surface area contributed by atoms with E-state index in [1.54, 1.807) is 12.1 Å². The standard InChI is InChI=1S/C26H24N2O3/c1-2-24(21-13-11-20(12-14-21)19-7-4-3-5-8-19)27-31-18-17-28-16-15-22-23(26(29)30)9-6-10-25(22)28/h3-16H,2,17-18H2,1H3,(H,29,30). The molecule has 5 nitrogen and oxygen atoms in total. The van der Waals surface area contributed by atoms with E-state index in [1.807, 2.05) is 41.1 Å². The summed E-state index contributed by atoms with van der Waals surface area (Å²) < 4.78 is 1.98. The molecule has 31 heavy (non-hydrogen) atoms. The number of aromatic nitrogens is 1. The highest BCUT2D eigenvalue weighted by atomic mass is 16.6. The Morgan fingerprint density at radius 2 is 1.68 bits per heavy atom. The largest absolute Gasteiger partial charge is 0.478 e. The predicted molar refractivity (Wildman–Crippen MR) is 124 cm³/mol. The van der Waals surface area contributed by atoms with Gasteiger partial charge in [0.25, 0.3) is 0 Å². The van der Waals surface area contributed by atoms with Crippen LogP contribution in [0.1, 0.15) is 29.3 Å². The second-order valence-corrected chi connectivity index (χ2v) is 7.22. The number of nitrogens with zero attached hydrogens (tertiary/aromatic N) is 2. The summed E-state index contributed by atoms with van der Waals surface area (Å²) in [6.45, 7) is 3.03. The van der Waals surface area contributed by atoms with E-state index >= 15 is 0 Å². The number of hydrogen-bond donors (Lipinski definition) is 1. The normalized spacial score (nSPS) is 11.6. The molecule has 0 saturated heterocycles. The molecule has 0 bridgehead atoms. The van der Waals surface area contributed by atoms with E-state index in [1.165, 1.54) is 11.1 Å². The highest BCUT2D eigenvalue weighted by Gasteiger charge is 2.10. The summed E-state index contributed by atoms with van der Waals surface area (Å²) in [6.07, 6.45) is 2.65. The van der Waals surface area contributed by atoms with Gasteiger partial charge in [-0.1, -0.05) is 72.7 Å². The summed E-state index contributed by atoms with van der Waals surface area (Å²) >= 11 is 0. The lowest BCUT2D eigenvalue weighted by molar-refractivity contribution is 0.0699. The highest BCUT2D eigenvalue weighted by molar-refractivity contribution is 6.03. The Morgan fingerprint density at radius 3 is 2.39 bits per heavy atom. The van der Waals surface area contributed by atoms with Crippen molar-refractivity contribution in [1.82, 2.24) is 4.57 Å². The molecule has 0 fully saturated rings. The maximum Gasteiger partial charge on any atom is 0.336 e. The molecule has 156 valence electrons. The predicted octanol–water partition coefficient (Wildman–Crippen LogP) is 5.84. The van der Waals surface area contributed by atoms with Gasteiger partial charge in [0.15, 0.2) is 0 Å². The minimum Gasteiger partial charge on any atom is -0.478 e. The number of carboxylic acid groups (broad SMARTS) is 1. The Balaban J connectivity index is 1.42. The van der Waals surface area contributed by atoms with Crippen molar-refractivity contribution in [3.8, 4) is 11.1 Å². The Bertz CT molecular complexity index is 1210. The molecule has 0 atom stereocenters. The number of aromatic carboxylic acids is 1. The fourth-order valence-corrected chi connectivity index (χ4v) is 3.67. The Hall–Kier alpha value is -3.86. The van der Waals surface area contributed by atoms with Crippen molar-refractivity contribution < 1.29 is 14.7 Å². The molecule has 0 saturated carbocycles. The van der Waals surface area contributed by atoms with Crippen molar-refractivity contribution in [2.24, 2.45) is 5.16 Å². The fraction of sp³-hybridized carbons (Fsp3) is 0.154. The molecule has 0 radical (unpaired) electrons. The first-order chi connectivity index (χ1) is 15.2. The van der Waals surface area contributed by atoms with Gasteiger partial charge in [0.2, 0.25) is 0 Å². The lowest BCUT2D eigenvalue weighted by Gasteiger charge is -2.08. The summed E-state index contributed by atoms with van der Waals surface area (Å²) in [5, 5.41) is 14.4. The molecule has 1 aromatic heterocycles. The molecule has 1 N–H and O–H groups in total. The first kappa shape index (κ1) is 20.4.